The molecule has 1 atom stereocenters. The molecule has 0 aromatic heterocycles. The van der Waals surface area contributed by atoms with Gasteiger partial charge in [0.1, 0.15) is 17.7 Å². The molecule has 156 valence electrons. The van der Waals surface area contributed by atoms with E-state index in [0.29, 0.717) is 37.8 Å². The lowest BCUT2D eigenvalue weighted by Gasteiger charge is -2.19. The van der Waals surface area contributed by atoms with Crippen LogP contribution in [-0.2, 0) is 10.0 Å². The predicted octanol–water partition coefficient (Wildman–Crippen LogP) is 2.05. The third kappa shape index (κ3) is 10.1. The zero-order chi connectivity index (χ0) is 19.6. The monoisotopic (exact) mass is 516 g/mol. The van der Waals surface area contributed by atoms with Gasteiger partial charge in [0.2, 0.25) is 10.0 Å². The maximum Gasteiger partial charge on any atom is 0.213 e. The van der Waals surface area contributed by atoms with Gasteiger partial charge in [-0.3, -0.25) is 4.99 Å². The van der Waals surface area contributed by atoms with Crippen molar-refractivity contribution in [1.29, 1.82) is 0 Å². The van der Waals surface area contributed by atoms with Crippen molar-refractivity contribution in [3.63, 3.8) is 0 Å². The number of hydrogen-bond acceptors (Lipinski definition) is 4. The van der Waals surface area contributed by atoms with Gasteiger partial charge >= 0.3 is 0 Å². The summed E-state index contributed by atoms with van der Waals surface area (Å²) in [6, 6.07) is 6.00. The number of rotatable bonds is 10. The van der Waals surface area contributed by atoms with Gasteiger partial charge in [0.05, 0.1) is 12.3 Å². The number of sulfonamides is 1. The maximum absolute atomic E-state index is 13.1. The Hall–Kier alpha value is -1.14. The van der Waals surface area contributed by atoms with Gasteiger partial charge in [-0.2, -0.15) is 0 Å². The van der Waals surface area contributed by atoms with Gasteiger partial charge in [-0.1, -0.05) is 6.07 Å². The molecule has 0 saturated carbocycles. The Morgan fingerprint density at radius 1 is 1.37 bits per heavy atom. The number of benzene rings is 1. The molecule has 0 fully saturated rings. The second kappa shape index (κ2) is 13.1. The highest BCUT2D eigenvalue weighted by molar-refractivity contribution is 14.0. The van der Waals surface area contributed by atoms with Gasteiger partial charge in [-0.15, -0.1) is 24.0 Å². The molecule has 0 bridgehead atoms. The van der Waals surface area contributed by atoms with Crippen molar-refractivity contribution in [2.45, 2.75) is 26.4 Å². The standard InChI is InChI=1S/C17H29FN4O3S.HI/c1-5-26(23,24)22(4)11-7-10-20-17(19-3)21-13-14(2)25-16-9-6-8-15(18)12-16;/h6,8-9,12,14H,5,7,10-11,13H2,1-4H3,(H2,19,20,21);1H. The first kappa shape index (κ1) is 25.9. The molecule has 1 aromatic rings. The summed E-state index contributed by atoms with van der Waals surface area (Å²) < 4.78 is 43.5. The number of aliphatic imine (C=N–C) groups is 1. The third-order valence-corrected chi connectivity index (χ3v) is 5.56. The number of ether oxygens (including phenoxy) is 1. The Labute approximate surface area is 178 Å². The molecular formula is C17H30FIN4O3S. The van der Waals surface area contributed by atoms with Crippen molar-refractivity contribution in [3.05, 3.63) is 30.1 Å². The first-order chi connectivity index (χ1) is 12.3. The van der Waals surface area contributed by atoms with E-state index in [1.165, 1.54) is 16.4 Å². The molecule has 0 heterocycles. The van der Waals surface area contributed by atoms with Crippen molar-refractivity contribution >= 4 is 40.0 Å². The van der Waals surface area contributed by atoms with Crippen molar-refractivity contribution in [1.82, 2.24) is 14.9 Å². The molecule has 0 spiro atoms. The highest BCUT2D eigenvalue weighted by atomic mass is 127. The van der Waals surface area contributed by atoms with Crippen LogP contribution in [0.4, 0.5) is 4.39 Å². The van der Waals surface area contributed by atoms with Gasteiger partial charge in [-0.25, -0.2) is 17.1 Å². The SMILES string of the molecule is CCS(=O)(=O)N(C)CCCNC(=NC)NCC(C)Oc1cccc(F)c1.I. The van der Waals surface area contributed by atoms with E-state index in [0.717, 1.165) is 0 Å². The highest BCUT2D eigenvalue weighted by Gasteiger charge is 2.14. The van der Waals surface area contributed by atoms with Crippen LogP contribution in [0.15, 0.2) is 29.3 Å². The summed E-state index contributed by atoms with van der Waals surface area (Å²) in [7, 11) is 0.0922. The molecule has 7 nitrogen and oxygen atoms in total. The molecule has 27 heavy (non-hydrogen) atoms. The fourth-order valence-electron chi connectivity index (χ4n) is 2.14. The average Bonchev–Trinajstić information content (AvgIpc) is 2.60. The highest BCUT2D eigenvalue weighted by Crippen LogP contribution is 2.13. The van der Waals surface area contributed by atoms with Gasteiger partial charge in [0.25, 0.3) is 0 Å². The van der Waals surface area contributed by atoms with Crippen LogP contribution < -0.4 is 15.4 Å². The van der Waals surface area contributed by atoms with E-state index in [9.17, 15) is 12.8 Å². The Morgan fingerprint density at radius 2 is 2.07 bits per heavy atom. The zero-order valence-corrected chi connectivity index (χ0v) is 19.4. The van der Waals surface area contributed by atoms with E-state index in [1.807, 2.05) is 6.92 Å². The molecule has 1 rings (SSSR count). The van der Waals surface area contributed by atoms with Crippen LogP contribution in [0.25, 0.3) is 0 Å². The lowest BCUT2D eigenvalue weighted by molar-refractivity contribution is 0.223. The minimum absolute atomic E-state index is 0. The number of nitrogens with one attached hydrogen (secondary N) is 2. The Kier molecular flexibility index (Phi) is 12.6. The van der Waals surface area contributed by atoms with Crippen molar-refractivity contribution in [2.24, 2.45) is 4.99 Å². The van der Waals surface area contributed by atoms with E-state index < -0.39 is 10.0 Å². The topological polar surface area (TPSA) is 83.0 Å². The van der Waals surface area contributed by atoms with Crippen LogP contribution in [0.3, 0.4) is 0 Å². The number of nitrogens with zero attached hydrogens (tertiary/aromatic N) is 2. The van der Waals surface area contributed by atoms with E-state index >= 15 is 0 Å². The van der Waals surface area contributed by atoms with Gasteiger partial charge < -0.3 is 15.4 Å². The molecule has 10 heteroatoms. The summed E-state index contributed by atoms with van der Waals surface area (Å²) in [5, 5.41) is 6.25. The van der Waals surface area contributed by atoms with Crippen LogP contribution >= 0.6 is 24.0 Å². The second-order valence-corrected chi connectivity index (χ2v) is 8.21. The minimum Gasteiger partial charge on any atom is -0.489 e. The Balaban J connectivity index is 0.00000676. The molecule has 0 aliphatic rings. The molecule has 0 amide bonds. The zero-order valence-electron chi connectivity index (χ0n) is 16.2. The molecule has 0 aliphatic carbocycles. The molecule has 0 saturated heterocycles. The Morgan fingerprint density at radius 3 is 2.67 bits per heavy atom. The minimum atomic E-state index is -3.14. The molecular weight excluding hydrogens is 486 g/mol. The summed E-state index contributed by atoms with van der Waals surface area (Å²) in [6.45, 7) is 5.01. The third-order valence-electron chi connectivity index (χ3n) is 3.70. The van der Waals surface area contributed by atoms with Gasteiger partial charge in [0, 0.05) is 33.3 Å². The van der Waals surface area contributed by atoms with E-state index in [-0.39, 0.29) is 41.7 Å². The van der Waals surface area contributed by atoms with Crippen LogP contribution in [0.1, 0.15) is 20.3 Å². The van der Waals surface area contributed by atoms with E-state index in [2.05, 4.69) is 15.6 Å². The first-order valence-electron chi connectivity index (χ1n) is 8.59. The normalized spacial score (nSPS) is 13.0. The second-order valence-electron chi connectivity index (χ2n) is 5.84. The Bertz CT molecular complexity index is 689. The predicted molar refractivity (Wildman–Crippen MR) is 118 cm³/mol. The summed E-state index contributed by atoms with van der Waals surface area (Å²) >= 11 is 0. The maximum atomic E-state index is 13.1. The molecule has 2 N–H and O–H groups in total. The smallest absolute Gasteiger partial charge is 0.213 e. The average molecular weight is 516 g/mol. The summed E-state index contributed by atoms with van der Waals surface area (Å²) in [6.07, 6.45) is 0.474. The first-order valence-corrected chi connectivity index (χ1v) is 10.2. The lowest BCUT2D eigenvalue weighted by atomic mass is 10.3. The number of guanidine groups is 1. The van der Waals surface area contributed by atoms with Crippen LogP contribution in [-0.4, -0.2) is 64.3 Å². The van der Waals surface area contributed by atoms with E-state index in [4.69, 9.17) is 4.74 Å². The summed E-state index contributed by atoms with van der Waals surface area (Å²) in [5.41, 5.74) is 0. The van der Waals surface area contributed by atoms with Gasteiger partial charge in [0.15, 0.2) is 5.96 Å². The fourth-order valence-corrected chi connectivity index (χ4v) is 2.99. The quantitative estimate of drug-likeness (QED) is 0.215. The number of hydrogen-bond donors (Lipinski definition) is 2. The molecule has 1 aromatic carbocycles. The van der Waals surface area contributed by atoms with Crippen molar-refractivity contribution in [2.75, 3.05) is 39.5 Å². The van der Waals surface area contributed by atoms with Gasteiger partial charge in [-0.05, 0) is 32.4 Å². The molecule has 0 aliphatic heterocycles. The van der Waals surface area contributed by atoms with Crippen LogP contribution in [0.2, 0.25) is 0 Å². The van der Waals surface area contributed by atoms with Crippen molar-refractivity contribution in [3.8, 4) is 5.75 Å². The number of halogens is 2. The van der Waals surface area contributed by atoms with E-state index in [1.54, 1.807) is 33.2 Å². The van der Waals surface area contributed by atoms with Crippen LogP contribution in [0.5, 0.6) is 5.75 Å². The largest absolute Gasteiger partial charge is 0.489 e. The van der Waals surface area contributed by atoms with Crippen LogP contribution in [0, 0.1) is 5.82 Å². The molecule has 0 radical (unpaired) electrons. The summed E-state index contributed by atoms with van der Waals surface area (Å²) in [4.78, 5) is 4.11. The summed E-state index contributed by atoms with van der Waals surface area (Å²) in [5.74, 6) is 0.835. The lowest BCUT2D eigenvalue weighted by Crippen LogP contribution is -2.42. The fraction of sp³-hybridized carbons (Fsp3) is 0.588. The van der Waals surface area contributed by atoms with Crippen molar-refractivity contribution < 1.29 is 17.5 Å². The molecule has 1 unspecified atom stereocenters.